The Morgan fingerprint density at radius 2 is 2.15 bits per heavy atom. The average Bonchev–Trinajstić information content (AvgIpc) is 2.14. The molecular weight excluding hydrogens is 182 g/mol. The van der Waals surface area contributed by atoms with E-state index in [1.807, 2.05) is 11.8 Å². The van der Waals surface area contributed by atoms with Crippen LogP contribution in [0.4, 0.5) is 0 Å². The predicted octanol–water partition coefficient (Wildman–Crippen LogP) is 1.88. The van der Waals surface area contributed by atoms with Gasteiger partial charge < -0.3 is 10.4 Å². The summed E-state index contributed by atoms with van der Waals surface area (Å²) in [4.78, 5) is 0. The number of aliphatic hydroxyl groups excluding tert-OH is 1. The molecule has 0 aliphatic rings. The van der Waals surface area contributed by atoms with Crippen LogP contribution in [-0.4, -0.2) is 35.8 Å². The Labute approximate surface area is 86.5 Å². The van der Waals surface area contributed by atoms with Gasteiger partial charge in [-0.25, -0.2) is 0 Å². The third-order valence-corrected chi connectivity index (χ3v) is 2.91. The van der Waals surface area contributed by atoms with Gasteiger partial charge in [0.1, 0.15) is 0 Å². The van der Waals surface area contributed by atoms with Crippen LogP contribution in [0, 0.1) is 0 Å². The van der Waals surface area contributed by atoms with Gasteiger partial charge in [0, 0.05) is 24.4 Å². The molecule has 0 aromatic heterocycles. The summed E-state index contributed by atoms with van der Waals surface area (Å²) < 4.78 is 0. The lowest BCUT2D eigenvalue weighted by atomic mass is 10.1. The Morgan fingerprint density at radius 1 is 1.46 bits per heavy atom. The van der Waals surface area contributed by atoms with E-state index in [-0.39, 0.29) is 0 Å². The van der Waals surface area contributed by atoms with Gasteiger partial charge in [-0.2, -0.15) is 11.8 Å². The van der Waals surface area contributed by atoms with Crippen LogP contribution in [0.2, 0.25) is 0 Å². The molecule has 0 bridgehead atoms. The lowest BCUT2D eigenvalue weighted by Gasteiger charge is -2.21. The van der Waals surface area contributed by atoms with Crippen LogP contribution < -0.4 is 5.32 Å². The van der Waals surface area contributed by atoms with Gasteiger partial charge in [0.15, 0.2) is 0 Å². The molecular formula is C10H23NOS. The first-order chi connectivity index (χ1) is 6.24. The molecule has 0 spiro atoms. The molecule has 0 aromatic rings. The van der Waals surface area contributed by atoms with Gasteiger partial charge in [0.2, 0.25) is 0 Å². The van der Waals surface area contributed by atoms with Crippen molar-refractivity contribution in [3.63, 3.8) is 0 Å². The highest BCUT2D eigenvalue weighted by molar-refractivity contribution is 7.98. The van der Waals surface area contributed by atoms with Crippen molar-refractivity contribution in [3.8, 4) is 0 Å². The number of nitrogens with one attached hydrogen (secondary N) is 1. The second kappa shape index (κ2) is 8.85. The zero-order valence-corrected chi connectivity index (χ0v) is 9.86. The minimum atomic E-state index is 0.311. The number of rotatable bonds is 8. The first-order valence-corrected chi connectivity index (χ1v) is 6.49. The molecule has 0 rings (SSSR count). The molecule has 0 heterocycles. The fourth-order valence-corrected chi connectivity index (χ4v) is 2.10. The largest absolute Gasteiger partial charge is 0.396 e. The van der Waals surface area contributed by atoms with Gasteiger partial charge in [-0.05, 0) is 32.4 Å². The molecule has 0 saturated carbocycles. The number of hydrogen-bond donors (Lipinski definition) is 2. The standard InChI is InChI=1S/C10H23NOS/c1-4-10(8-13-3)11-9(2)6-5-7-12/h9-12H,4-8H2,1-3H3. The summed E-state index contributed by atoms with van der Waals surface area (Å²) in [7, 11) is 0. The van der Waals surface area contributed by atoms with E-state index in [4.69, 9.17) is 5.11 Å². The molecule has 0 saturated heterocycles. The number of thioether (sulfide) groups is 1. The minimum absolute atomic E-state index is 0.311. The molecule has 0 amide bonds. The monoisotopic (exact) mass is 205 g/mol. The normalized spacial score (nSPS) is 15.7. The molecule has 0 aliphatic carbocycles. The summed E-state index contributed by atoms with van der Waals surface area (Å²) >= 11 is 1.89. The van der Waals surface area contributed by atoms with E-state index in [2.05, 4.69) is 25.4 Å². The Morgan fingerprint density at radius 3 is 2.62 bits per heavy atom. The lowest BCUT2D eigenvalue weighted by molar-refractivity contribution is 0.274. The summed E-state index contributed by atoms with van der Waals surface area (Å²) in [6.45, 7) is 4.72. The van der Waals surface area contributed by atoms with Crippen molar-refractivity contribution in [2.24, 2.45) is 0 Å². The zero-order valence-electron chi connectivity index (χ0n) is 9.05. The van der Waals surface area contributed by atoms with Crippen LogP contribution in [0.5, 0.6) is 0 Å². The SMILES string of the molecule is CCC(CSC)NC(C)CCCO. The third kappa shape index (κ3) is 7.35. The molecule has 2 nitrogen and oxygen atoms in total. The van der Waals surface area contributed by atoms with Gasteiger partial charge in [-0.3, -0.25) is 0 Å². The quantitative estimate of drug-likeness (QED) is 0.634. The summed E-state index contributed by atoms with van der Waals surface area (Å²) in [5.41, 5.74) is 0. The maximum absolute atomic E-state index is 8.68. The molecule has 3 heteroatoms. The second-order valence-corrected chi connectivity index (χ2v) is 4.40. The van der Waals surface area contributed by atoms with E-state index >= 15 is 0 Å². The molecule has 2 unspecified atom stereocenters. The van der Waals surface area contributed by atoms with Gasteiger partial charge >= 0.3 is 0 Å². The second-order valence-electron chi connectivity index (χ2n) is 3.49. The van der Waals surface area contributed by atoms with E-state index in [1.54, 1.807) is 0 Å². The Kier molecular flexibility index (Phi) is 9.03. The molecule has 13 heavy (non-hydrogen) atoms. The topological polar surface area (TPSA) is 32.3 Å². The summed E-state index contributed by atoms with van der Waals surface area (Å²) in [6, 6.07) is 1.16. The van der Waals surface area contributed by atoms with E-state index in [9.17, 15) is 0 Å². The van der Waals surface area contributed by atoms with E-state index in [1.165, 1.54) is 12.2 Å². The fraction of sp³-hybridized carbons (Fsp3) is 1.00. The van der Waals surface area contributed by atoms with Crippen molar-refractivity contribution in [2.75, 3.05) is 18.6 Å². The summed E-state index contributed by atoms with van der Waals surface area (Å²) in [5.74, 6) is 1.18. The first-order valence-electron chi connectivity index (χ1n) is 5.10. The molecule has 0 radical (unpaired) electrons. The maximum Gasteiger partial charge on any atom is 0.0431 e. The smallest absolute Gasteiger partial charge is 0.0431 e. The van der Waals surface area contributed by atoms with Gasteiger partial charge in [0.25, 0.3) is 0 Å². The highest BCUT2D eigenvalue weighted by atomic mass is 32.2. The van der Waals surface area contributed by atoms with Crippen molar-refractivity contribution < 1.29 is 5.11 Å². The number of aliphatic hydroxyl groups is 1. The molecule has 80 valence electrons. The molecule has 0 aromatic carbocycles. The van der Waals surface area contributed by atoms with Crippen molar-refractivity contribution in [2.45, 2.75) is 45.2 Å². The Balaban J connectivity index is 3.53. The van der Waals surface area contributed by atoms with E-state index < -0.39 is 0 Å². The zero-order chi connectivity index (χ0) is 10.1. The predicted molar refractivity (Wildman–Crippen MR) is 61.4 cm³/mol. The van der Waals surface area contributed by atoms with Crippen molar-refractivity contribution >= 4 is 11.8 Å². The Hall–Kier alpha value is 0.270. The van der Waals surface area contributed by atoms with Crippen molar-refractivity contribution in [3.05, 3.63) is 0 Å². The van der Waals surface area contributed by atoms with Crippen LogP contribution in [0.15, 0.2) is 0 Å². The molecule has 2 atom stereocenters. The number of hydrogen-bond acceptors (Lipinski definition) is 3. The van der Waals surface area contributed by atoms with Crippen molar-refractivity contribution in [1.82, 2.24) is 5.32 Å². The average molecular weight is 205 g/mol. The lowest BCUT2D eigenvalue weighted by Crippen LogP contribution is -2.37. The third-order valence-electron chi connectivity index (χ3n) is 2.18. The fourth-order valence-electron chi connectivity index (χ4n) is 1.37. The summed E-state index contributed by atoms with van der Waals surface area (Å²) in [5, 5.41) is 12.2. The summed E-state index contributed by atoms with van der Waals surface area (Å²) in [6.07, 6.45) is 5.30. The Bertz CT molecular complexity index is 111. The van der Waals surface area contributed by atoms with Gasteiger partial charge in [-0.15, -0.1) is 0 Å². The van der Waals surface area contributed by atoms with Gasteiger partial charge in [-0.1, -0.05) is 6.92 Å². The van der Waals surface area contributed by atoms with Gasteiger partial charge in [0.05, 0.1) is 0 Å². The first kappa shape index (κ1) is 13.3. The maximum atomic E-state index is 8.68. The molecule has 0 aliphatic heterocycles. The minimum Gasteiger partial charge on any atom is -0.396 e. The van der Waals surface area contributed by atoms with Crippen LogP contribution in [0.25, 0.3) is 0 Å². The van der Waals surface area contributed by atoms with Crippen molar-refractivity contribution in [1.29, 1.82) is 0 Å². The highest BCUT2D eigenvalue weighted by Crippen LogP contribution is 2.04. The van der Waals surface area contributed by atoms with Crippen LogP contribution in [-0.2, 0) is 0 Å². The van der Waals surface area contributed by atoms with E-state index in [0.717, 1.165) is 12.8 Å². The van der Waals surface area contributed by atoms with Crippen LogP contribution >= 0.6 is 11.8 Å². The van der Waals surface area contributed by atoms with E-state index in [0.29, 0.717) is 18.7 Å². The molecule has 0 fully saturated rings. The van der Waals surface area contributed by atoms with Crippen LogP contribution in [0.1, 0.15) is 33.1 Å². The molecule has 2 N–H and O–H groups in total. The highest BCUT2D eigenvalue weighted by Gasteiger charge is 2.08. The van der Waals surface area contributed by atoms with Crippen LogP contribution in [0.3, 0.4) is 0 Å².